The van der Waals surface area contributed by atoms with E-state index in [0.29, 0.717) is 0 Å². The molecule has 0 fully saturated rings. The molecule has 11 heavy (non-hydrogen) atoms. The van der Waals surface area contributed by atoms with Crippen LogP contribution in [0.2, 0.25) is 0 Å². The number of hydroxylamine groups is 2. The summed E-state index contributed by atoms with van der Waals surface area (Å²) in [6.07, 6.45) is 10.6. The van der Waals surface area contributed by atoms with Gasteiger partial charge in [0.2, 0.25) is 0 Å². The van der Waals surface area contributed by atoms with Crippen molar-refractivity contribution in [2.24, 2.45) is 0 Å². The summed E-state index contributed by atoms with van der Waals surface area (Å²) in [5, 5.41) is 1.35. The second-order valence-electron chi connectivity index (χ2n) is 2.01. The van der Waals surface area contributed by atoms with Crippen LogP contribution in [0.15, 0.2) is 36.7 Å². The fourth-order valence-corrected chi connectivity index (χ4v) is 0.656. The van der Waals surface area contributed by atoms with E-state index in [0.717, 1.165) is 0 Å². The summed E-state index contributed by atoms with van der Waals surface area (Å²) in [5.41, 5.74) is 0. The zero-order chi connectivity index (χ0) is 8.10. The van der Waals surface area contributed by atoms with Gasteiger partial charge in [0.15, 0.2) is 0 Å². The molecule has 0 N–H and O–H groups in total. The van der Waals surface area contributed by atoms with E-state index >= 15 is 0 Å². The highest BCUT2D eigenvalue weighted by Gasteiger charge is 1.97. The summed E-state index contributed by atoms with van der Waals surface area (Å²) < 4.78 is 0. The Morgan fingerprint density at radius 2 is 1.73 bits per heavy atom. The monoisotopic (exact) mass is 151 g/mol. The van der Waals surface area contributed by atoms with Crippen LogP contribution in [0.4, 0.5) is 0 Å². The summed E-state index contributed by atoms with van der Waals surface area (Å²) in [4.78, 5) is 15.2. The molecule has 1 aliphatic heterocycles. The molecule has 0 saturated heterocycles. The first kappa shape index (κ1) is 7.60. The van der Waals surface area contributed by atoms with Crippen LogP contribution in [0.1, 0.15) is 6.92 Å². The molecule has 0 atom stereocenters. The van der Waals surface area contributed by atoms with Crippen LogP contribution >= 0.6 is 0 Å². The lowest BCUT2D eigenvalue weighted by Crippen LogP contribution is -2.13. The highest BCUT2D eigenvalue weighted by Crippen LogP contribution is 1.98. The third kappa shape index (κ3) is 2.71. The predicted octanol–water partition coefficient (Wildman–Crippen LogP) is 1.36. The first-order valence-electron chi connectivity index (χ1n) is 3.27. The maximum Gasteiger partial charge on any atom is 0.329 e. The lowest BCUT2D eigenvalue weighted by atomic mass is 10.5. The number of carbonyl (C=O) groups is 1. The van der Waals surface area contributed by atoms with E-state index in [4.69, 9.17) is 4.84 Å². The first-order valence-corrected chi connectivity index (χ1v) is 3.27. The zero-order valence-corrected chi connectivity index (χ0v) is 6.23. The van der Waals surface area contributed by atoms with Crippen molar-refractivity contribution in [2.75, 3.05) is 0 Å². The molecule has 1 aliphatic rings. The molecule has 58 valence electrons. The second-order valence-corrected chi connectivity index (χ2v) is 2.01. The minimum absolute atomic E-state index is 0.332. The van der Waals surface area contributed by atoms with Crippen molar-refractivity contribution in [3.8, 4) is 0 Å². The standard InChI is InChI=1S/C8H9NO2/c1-8(10)11-9-6-4-2-3-5-7-9/h2-7H,1H3. The molecule has 0 aromatic heterocycles. The smallest absolute Gasteiger partial charge is 0.329 e. The molecule has 0 spiro atoms. The van der Waals surface area contributed by atoms with Crippen LogP contribution in [0.5, 0.6) is 0 Å². The minimum atomic E-state index is -0.332. The number of carbonyl (C=O) groups excluding carboxylic acids is 1. The van der Waals surface area contributed by atoms with Crippen molar-refractivity contribution in [2.45, 2.75) is 6.92 Å². The zero-order valence-electron chi connectivity index (χ0n) is 6.23. The predicted molar refractivity (Wildman–Crippen MR) is 41.0 cm³/mol. The summed E-state index contributed by atoms with van der Waals surface area (Å²) >= 11 is 0. The van der Waals surface area contributed by atoms with E-state index in [-0.39, 0.29) is 5.97 Å². The third-order valence-corrected chi connectivity index (χ3v) is 1.03. The van der Waals surface area contributed by atoms with Crippen molar-refractivity contribution in [3.63, 3.8) is 0 Å². The maximum atomic E-state index is 10.5. The van der Waals surface area contributed by atoms with Gasteiger partial charge in [-0.25, -0.2) is 4.79 Å². The van der Waals surface area contributed by atoms with Crippen LogP contribution in [0.3, 0.4) is 0 Å². The normalized spacial score (nSPS) is 14.8. The van der Waals surface area contributed by atoms with Gasteiger partial charge in [0.05, 0.1) is 0 Å². The van der Waals surface area contributed by atoms with Gasteiger partial charge < -0.3 is 4.84 Å². The van der Waals surface area contributed by atoms with Gasteiger partial charge in [-0.05, 0) is 12.2 Å². The number of allylic oxidation sites excluding steroid dienone is 4. The maximum absolute atomic E-state index is 10.5. The second kappa shape index (κ2) is 3.61. The Kier molecular flexibility index (Phi) is 2.49. The van der Waals surface area contributed by atoms with E-state index in [1.54, 1.807) is 24.6 Å². The number of rotatable bonds is 1. The fraction of sp³-hybridized carbons (Fsp3) is 0.125. The largest absolute Gasteiger partial charge is 0.337 e. The molecule has 1 heterocycles. The van der Waals surface area contributed by atoms with Crippen molar-refractivity contribution < 1.29 is 9.63 Å². The summed E-state index contributed by atoms with van der Waals surface area (Å²) in [7, 11) is 0. The van der Waals surface area contributed by atoms with E-state index in [1.165, 1.54) is 12.0 Å². The van der Waals surface area contributed by atoms with Crippen molar-refractivity contribution in [1.82, 2.24) is 5.06 Å². The lowest BCUT2D eigenvalue weighted by Gasteiger charge is -2.11. The molecule has 0 aromatic carbocycles. The Morgan fingerprint density at radius 3 is 2.18 bits per heavy atom. The molecule has 0 aromatic rings. The number of hydrogen-bond donors (Lipinski definition) is 0. The van der Waals surface area contributed by atoms with E-state index in [9.17, 15) is 4.79 Å². The van der Waals surface area contributed by atoms with Gasteiger partial charge in [-0.1, -0.05) is 12.2 Å². The topological polar surface area (TPSA) is 29.5 Å². The molecule has 0 bridgehead atoms. The molecule has 3 heteroatoms. The Labute approximate surface area is 65.2 Å². The lowest BCUT2D eigenvalue weighted by molar-refractivity contribution is -0.166. The quantitative estimate of drug-likeness (QED) is 0.566. The Morgan fingerprint density at radius 1 is 1.18 bits per heavy atom. The number of hydrogen-bond acceptors (Lipinski definition) is 3. The van der Waals surface area contributed by atoms with E-state index < -0.39 is 0 Å². The summed E-state index contributed by atoms with van der Waals surface area (Å²) in [6, 6.07) is 0. The van der Waals surface area contributed by atoms with Crippen LogP contribution < -0.4 is 0 Å². The van der Waals surface area contributed by atoms with Gasteiger partial charge >= 0.3 is 5.97 Å². The SMILES string of the molecule is CC(=O)ON1C=CC=CC=C1. The van der Waals surface area contributed by atoms with Gasteiger partial charge in [-0.15, -0.1) is 0 Å². The highest BCUT2D eigenvalue weighted by atomic mass is 16.7. The van der Waals surface area contributed by atoms with Gasteiger partial charge in [-0.2, -0.15) is 5.06 Å². The molecule has 0 unspecified atom stereocenters. The Balaban J connectivity index is 2.53. The van der Waals surface area contributed by atoms with Crippen LogP contribution in [-0.4, -0.2) is 11.0 Å². The molecular weight excluding hydrogens is 142 g/mol. The average molecular weight is 151 g/mol. The van der Waals surface area contributed by atoms with Gasteiger partial charge in [0.25, 0.3) is 0 Å². The summed E-state index contributed by atoms with van der Waals surface area (Å²) in [5.74, 6) is -0.332. The van der Waals surface area contributed by atoms with E-state index in [1.807, 2.05) is 12.2 Å². The van der Waals surface area contributed by atoms with Crippen molar-refractivity contribution >= 4 is 5.97 Å². The highest BCUT2D eigenvalue weighted by molar-refractivity contribution is 5.65. The fourth-order valence-electron chi connectivity index (χ4n) is 0.656. The van der Waals surface area contributed by atoms with Gasteiger partial charge in [-0.3, -0.25) is 0 Å². The van der Waals surface area contributed by atoms with Crippen LogP contribution in [-0.2, 0) is 9.63 Å². The van der Waals surface area contributed by atoms with Crippen molar-refractivity contribution in [1.29, 1.82) is 0 Å². The van der Waals surface area contributed by atoms with E-state index in [2.05, 4.69) is 0 Å². The molecule has 0 amide bonds. The number of nitrogens with zero attached hydrogens (tertiary/aromatic N) is 1. The van der Waals surface area contributed by atoms with Crippen molar-refractivity contribution in [3.05, 3.63) is 36.7 Å². The van der Waals surface area contributed by atoms with Gasteiger partial charge in [0.1, 0.15) is 0 Å². The molecule has 0 aliphatic carbocycles. The molecular formula is C8H9NO2. The average Bonchev–Trinajstić information content (AvgIpc) is 2.14. The van der Waals surface area contributed by atoms with Crippen LogP contribution in [0, 0.1) is 0 Å². The minimum Gasteiger partial charge on any atom is -0.337 e. The molecule has 0 saturated carbocycles. The molecule has 1 rings (SSSR count). The Hall–Kier alpha value is -1.51. The Bertz CT molecular complexity index is 212. The summed E-state index contributed by atoms with van der Waals surface area (Å²) in [6.45, 7) is 1.36. The molecule has 0 radical (unpaired) electrons. The first-order chi connectivity index (χ1) is 5.29. The third-order valence-electron chi connectivity index (χ3n) is 1.03. The van der Waals surface area contributed by atoms with Gasteiger partial charge in [0, 0.05) is 19.3 Å². The van der Waals surface area contributed by atoms with Crippen LogP contribution in [0.25, 0.3) is 0 Å². The molecule has 3 nitrogen and oxygen atoms in total.